The van der Waals surface area contributed by atoms with Crippen LogP contribution in [0.1, 0.15) is 13.3 Å². The normalized spacial score (nSPS) is 19.8. The summed E-state index contributed by atoms with van der Waals surface area (Å²) in [4.78, 5) is 12.3. The second-order valence-corrected chi connectivity index (χ2v) is 2.37. The lowest BCUT2D eigenvalue weighted by Gasteiger charge is -2.26. The van der Waals surface area contributed by atoms with Gasteiger partial charge in [0.2, 0.25) is 0 Å². The molecule has 0 fully saturated rings. The minimum Gasteiger partial charge on any atom is -0.373 e. The molecule has 0 saturated carbocycles. The highest BCUT2D eigenvalue weighted by atomic mass is 16.3. The van der Waals surface area contributed by atoms with Crippen molar-refractivity contribution in [1.82, 2.24) is 10.2 Å². The van der Waals surface area contributed by atoms with Crippen molar-refractivity contribution in [3.8, 4) is 0 Å². The number of hydrogen-bond donors (Lipinski definition) is 2. The summed E-state index contributed by atoms with van der Waals surface area (Å²) < 4.78 is 0. The first-order chi connectivity index (χ1) is 5.25. The van der Waals surface area contributed by atoms with Crippen LogP contribution in [0, 0.1) is 0 Å². The minimum atomic E-state index is -0.702. The van der Waals surface area contributed by atoms with E-state index in [1.54, 1.807) is 12.3 Å². The fourth-order valence-electron chi connectivity index (χ4n) is 0.903. The van der Waals surface area contributed by atoms with Gasteiger partial charge in [0.15, 0.2) is 0 Å². The monoisotopic (exact) mass is 156 g/mol. The summed E-state index contributed by atoms with van der Waals surface area (Å²) in [6.45, 7) is 2.37. The Hall–Kier alpha value is -1.03. The Bertz CT molecular complexity index is 179. The van der Waals surface area contributed by atoms with Crippen LogP contribution in [0.15, 0.2) is 12.3 Å². The van der Waals surface area contributed by atoms with Gasteiger partial charge in [0.1, 0.15) is 6.23 Å². The van der Waals surface area contributed by atoms with E-state index in [1.165, 1.54) is 4.90 Å². The molecule has 1 heterocycles. The molecule has 0 aromatic rings. The van der Waals surface area contributed by atoms with Crippen LogP contribution in [-0.2, 0) is 0 Å². The third-order valence-corrected chi connectivity index (χ3v) is 1.56. The van der Waals surface area contributed by atoms with Gasteiger partial charge in [-0.15, -0.1) is 0 Å². The summed E-state index contributed by atoms with van der Waals surface area (Å²) in [6, 6.07) is -0.234. The van der Waals surface area contributed by atoms with Gasteiger partial charge in [0.25, 0.3) is 0 Å². The predicted octanol–water partition coefficient (Wildman–Crippen LogP) is 0.254. The Labute approximate surface area is 65.5 Å². The summed E-state index contributed by atoms with van der Waals surface area (Å²) in [5.74, 6) is 0. The molecule has 1 atom stereocenters. The predicted molar refractivity (Wildman–Crippen MR) is 40.7 cm³/mol. The van der Waals surface area contributed by atoms with Gasteiger partial charge < -0.3 is 10.4 Å². The highest BCUT2D eigenvalue weighted by molar-refractivity contribution is 5.76. The number of aliphatic hydroxyl groups excluding tert-OH is 1. The summed E-state index contributed by atoms with van der Waals surface area (Å²) >= 11 is 0. The molecule has 1 rings (SSSR count). The van der Waals surface area contributed by atoms with Crippen molar-refractivity contribution >= 4 is 6.03 Å². The summed E-state index contributed by atoms with van der Waals surface area (Å²) in [6.07, 6.45) is 3.23. The van der Waals surface area contributed by atoms with Crippen LogP contribution in [0.5, 0.6) is 0 Å². The molecular weight excluding hydrogens is 144 g/mol. The van der Waals surface area contributed by atoms with Crippen molar-refractivity contribution in [2.24, 2.45) is 0 Å². The number of aliphatic hydroxyl groups is 1. The maximum Gasteiger partial charge on any atom is 0.323 e. The van der Waals surface area contributed by atoms with E-state index in [2.05, 4.69) is 5.32 Å². The van der Waals surface area contributed by atoms with E-state index >= 15 is 0 Å². The molecule has 0 aromatic heterocycles. The fourth-order valence-corrected chi connectivity index (χ4v) is 0.903. The van der Waals surface area contributed by atoms with E-state index < -0.39 is 6.23 Å². The highest BCUT2D eigenvalue weighted by Crippen LogP contribution is 2.04. The lowest BCUT2D eigenvalue weighted by molar-refractivity contribution is 0.0547. The van der Waals surface area contributed by atoms with Crippen molar-refractivity contribution in [2.45, 2.75) is 19.6 Å². The zero-order valence-electron chi connectivity index (χ0n) is 6.45. The molecule has 4 nitrogen and oxygen atoms in total. The van der Waals surface area contributed by atoms with E-state index in [-0.39, 0.29) is 6.03 Å². The number of hydrogen-bond acceptors (Lipinski definition) is 2. The molecule has 0 aromatic carbocycles. The smallest absolute Gasteiger partial charge is 0.323 e. The molecule has 4 heteroatoms. The molecule has 0 unspecified atom stereocenters. The molecule has 1 aliphatic heterocycles. The van der Waals surface area contributed by atoms with E-state index in [9.17, 15) is 9.90 Å². The van der Waals surface area contributed by atoms with Crippen LogP contribution in [0.2, 0.25) is 0 Å². The van der Waals surface area contributed by atoms with Gasteiger partial charge in [0, 0.05) is 12.7 Å². The van der Waals surface area contributed by atoms with Crippen molar-refractivity contribution in [3.05, 3.63) is 12.3 Å². The van der Waals surface area contributed by atoms with Gasteiger partial charge in [-0.2, -0.15) is 0 Å². The number of urea groups is 1. The fraction of sp³-hybridized carbons (Fsp3) is 0.571. The van der Waals surface area contributed by atoms with Gasteiger partial charge in [-0.3, -0.25) is 4.90 Å². The molecule has 0 spiro atoms. The number of carbonyl (C=O) groups is 1. The number of nitrogens with one attached hydrogen (secondary N) is 1. The SMILES string of the molecule is CC[C@@H](O)N1C=CCNC1=O. The maximum atomic E-state index is 11.0. The van der Waals surface area contributed by atoms with Gasteiger partial charge in [-0.25, -0.2) is 4.79 Å². The van der Waals surface area contributed by atoms with Crippen LogP contribution in [0.4, 0.5) is 4.79 Å². The lowest BCUT2D eigenvalue weighted by Crippen LogP contribution is -2.45. The average molecular weight is 156 g/mol. The van der Waals surface area contributed by atoms with Crippen LogP contribution in [-0.4, -0.2) is 28.8 Å². The second-order valence-electron chi connectivity index (χ2n) is 2.37. The molecule has 0 radical (unpaired) electrons. The molecule has 62 valence electrons. The summed E-state index contributed by atoms with van der Waals surface area (Å²) in [5.41, 5.74) is 0. The maximum absolute atomic E-state index is 11.0. The standard InChI is InChI=1S/C7H12N2O2/c1-2-6(10)9-5-3-4-8-7(9)11/h3,5-6,10H,2,4H2,1H3,(H,8,11)/t6-/m1/s1. The first-order valence-corrected chi connectivity index (χ1v) is 3.66. The Balaban J connectivity index is 2.61. The quantitative estimate of drug-likeness (QED) is 0.602. The largest absolute Gasteiger partial charge is 0.373 e. The average Bonchev–Trinajstić information content (AvgIpc) is 2.04. The molecule has 0 aliphatic carbocycles. The van der Waals surface area contributed by atoms with Gasteiger partial charge >= 0.3 is 6.03 Å². The van der Waals surface area contributed by atoms with Gasteiger partial charge in [-0.1, -0.05) is 6.92 Å². The van der Waals surface area contributed by atoms with Crippen LogP contribution in [0.3, 0.4) is 0 Å². The number of amides is 2. The highest BCUT2D eigenvalue weighted by Gasteiger charge is 2.18. The second kappa shape index (κ2) is 3.39. The Morgan fingerprint density at radius 3 is 3.18 bits per heavy atom. The zero-order chi connectivity index (χ0) is 8.27. The third kappa shape index (κ3) is 1.71. The molecule has 0 saturated heterocycles. The van der Waals surface area contributed by atoms with Crippen LogP contribution < -0.4 is 5.32 Å². The number of rotatable bonds is 2. The third-order valence-electron chi connectivity index (χ3n) is 1.56. The minimum absolute atomic E-state index is 0.234. The van der Waals surface area contributed by atoms with E-state index in [4.69, 9.17) is 0 Å². The van der Waals surface area contributed by atoms with E-state index in [0.29, 0.717) is 13.0 Å². The van der Waals surface area contributed by atoms with Crippen LogP contribution >= 0.6 is 0 Å². The molecule has 0 bridgehead atoms. The molecule has 2 amide bonds. The van der Waals surface area contributed by atoms with Gasteiger partial charge in [0.05, 0.1) is 0 Å². The Kier molecular flexibility index (Phi) is 2.48. The van der Waals surface area contributed by atoms with E-state index in [1.807, 2.05) is 6.92 Å². The lowest BCUT2D eigenvalue weighted by atomic mass is 10.3. The molecule has 2 N–H and O–H groups in total. The Morgan fingerprint density at radius 1 is 1.91 bits per heavy atom. The van der Waals surface area contributed by atoms with E-state index in [0.717, 1.165) is 0 Å². The van der Waals surface area contributed by atoms with Gasteiger partial charge in [-0.05, 0) is 12.5 Å². The Morgan fingerprint density at radius 2 is 2.64 bits per heavy atom. The number of nitrogens with zero attached hydrogens (tertiary/aromatic N) is 1. The first kappa shape index (κ1) is 8.07. The summed E-state index contributed by atoms with van der Waals surface area (Å²) in [5, 5.41) is 11.9. The van der Waals surface area contributed by atoms with Crippen molar-refractivity contribution in [1.29, 1.82) is 0 Å². The first-order valence-electron chi connectivity index (χ1n) is 3.66. The van der Waals surface area contributed by atoms with Crippen LogP contribution in [0.25, 0.3) is 0 Å². The van der Waals surface area contributed by atoms with Crippen molar-refractivity contribution in [2.75, 3.05) is 6.54 Å². The topological polar surface area (TPSA) is 52.6 Å². The zero-order valence-corrected chi connectivity index (χ0v) is 6.45. The van der Waals surface area contributed by atoms with Crippen molar-refractivity contribution < 1.29 is 9.90 Å². The molecular formula is C7H12N2O2. The molecule has 1 aliphatic rings. The van der Waals surface area contributed by atoms with Crippen molar-refractivity contribution in [3.63, 3.8) is 0 Å². The number of carbonyl (C=O) groups excluding carboxylic acids is 1. The summed E-state index contributed by atoms with van der Waals surface area (Å²) in [7, 11) is 0. The molecule has 11 heavy (non-hydrogen) atoms.